The molecule has 0 aromatic heterocycles. The molecule has 0 heterocycles. The number of amidine groups is 1. The fourth-order valence-corrected chi connectivity index (χ4v) is 2.36. The second kappa shape index (κ2) is 8.59. The van der Waals surface area contributed by atoms with Crippen molar-refractivity contribution in [3.63, 3.8) is 0 Å². The predicted octanol–water partition coefficient (Wildman–Crippen LogP) is 3.96. The first-order valence-electron chi connectivity index (χ1n) is 7.63. The van der Waals surface area contributed by atoms with Crippen molar-refractivity contribution in [3.05, 3.63) is 96.8 Å². The maximum atomic E-state index is 4.43. The molecule has 2 aromatic rings. The molecule has 118 valence electrons. The van der Waals surface area contributed by atoms with Crippen molar-refractivity contribution in [1.29, 1.82) is 0 Å². The van der Waals surface area contributed by atoms with Crippen LogP contribution in [0.4, 0.5) is 0 Å². The Bertz CT molecular complexity index is 618. The number of likely N-dealkylation sites (N-methyl/N-ethyl adjacent to an activating group) is 1. The largest absolute Gasteiger partial charge is 0.386 e. The summed E-state index contributed by atoms with van der Waals surface area (Å²) in [6, 6.07) is 20.7. The predicted molar refractivity (Wildman–Crippen MR) is 98.0 cm³/mol. The number of hydrogen-bond donors (Lipinski definition) is 1. The second-order valence-electron chi connectivity index (χ2n) is 5.19. The highest BCUT2D eigenvalue weighted by atomic mass is 15.2. The summed E-state index contributed by atoms with van der Waals surface area (Å²) < 4.78 is 0. The number of aliphatic imine (C=N–C) groups is 1. The SMILES string of the molecule is C=CN=C(C(=C)NC)N(Cc1ccccc1)Cc1ccccc1. The summed E-state index contributed by atoms with van der Waals surface area (Å²) in [5.74, 6) is 0.801. The van der Waals surface area contributed by atoms with Gasteiger partial charge in [0.2, 0.25) is 0 Å². The van der Waals surface area contributed by atoms with E-state index in [0.717, 1.165) is 24.6 Å². The van der Waals surface area contributed by atoms with Crippen LogP contribution in [0.5, 0.6) is 0 Å². The topological polar surface area (TPSA) is 27.6 Å². The van der Waals surface area contributed by atoms with Crippen molar-refractivity contribution < 1.29 is 0 Å². The van der Waals surface area contributed by atoms with Gasteiger partial charge in [-0.25, -0.2) is 4.99 Å². The van der Waals surface area contributed by atoms with E-state index in [2.05, 4.69) is 52.6 Å². The molecule has 0 aliphatic carbocycles. The number of benzene rings is 2. The van der Waals surface area contributed by atoms with Gasteiger partial charge >= 0.3 is 0 Å². The average Bonchev–Trinajstić information content (AvgIpc) is 2.60. The van der Waals surface area contributed by atoms with Crippen molar-refractivity contribution in [2.24, 2.45) is 4.99 Å². The Kier molecular flexibility index (Phi) is 6.18. The van der Waals surface area contributed by atoms with E-state index in [9.17, 15) is 0 Å². The monoisotopic (exact) mass is 305 g/mol. The third kappa shape index (κ3) is 4.85. The lowest BCUT2D eigenvalue weighted by Crippen LogP contribution is -2.34. The highest BCUT2D eigenvalue weighted by Gasteiger charge is 2.14. The minimum atomic E-state index is 0.753. The van der Waals surface area contributed by atoms with E-state index >= 15 is 0 Å². The van der Waals surface area contributed by atoms with Crippen LogP contribution < -0.4 is 5.32 Å². The van der Waals surface area contributed by atoms with Gasteiger partial charge in [0.25, 0.3) is 0 Å². The zero-order valence-corrected chi connectivity index (χ0v) is 13.6. The van der Waals surface area contributed by atoms with Crippen molar-refractivity contribution in [2.75, 3.05) is 7.05 Å². The summed E-state index contributed by atoms with van der Waals surface area (Å²) in [5.41, 5.74) is 3.23. The zero-order chi connectivity index (χ0) is 16.5. The van der Waals surface area contributed by atoms with Crippen LogP contribution in [0.2, 0.25) is 0 Å². The quantitative estimate of drug-likeness (QED) is 0.619. The Balaban J connectivity index is 2.31. The van der Waals surface area contributed by atoms with E-state index in [-0.39, 0.29) is 0 Å². The Labute approximate surface area is 138 Å². The molecule has 0 amide bonds. The molecule has 0 atom stereocenters. The van der Waals surface area contributed by atoms with Crippen LogP contribution in [0.25, 0.3) is 0 Å². The van der Waals surface area contributed by atoms with Crippen molar-refractivity contribution in [1.82, 2.24) is 10.2 Å². The van der Waals surface area contributed by atoms with E-state index in [4.69, 9.17) is 0 Å². The summed E-state index contributed by atoms with van der Waals surface area (Å²) >= 11 is 0. The highest BCUT2D eigenvalue weighted by molar-refractivity contribution is 5.97. The average molecular weight is 305 g/mol. The van der Waals surface area contributed by atoms with Crippen LogP contribution in [0.3, 0.4) is 0 Å². The summed E-state index contributed by atoms with van der Waals surface area (Å²) in [6.45, 7) is 9.30. The third-order valence-electron chi connectivity index (χ3n) is 3.52. The standard InChI is InChI=1S/C20H23N3/c1-4-22-20(17(2)21-3)23(15-18-11-7-5-8-12-18)16-19-13-9-6-10-14-19/h4-14,21H,1-2,15-16H2,3H3. The maximum Gasteiger partial charge on any atom is 0.151 e. The lowest BCUT2D eigenvalue weighted by molar-refractivity contribution is 0.405. The molecular weight excluding hydrogens is 282 g/mol. The molecule has 0 radical (unpaired) electrons. The minimum Gasteiger partial charge on any atom is -0.386 e. The van der Waals surface area contributed by atoms with Crippen LogP contribution in [-0.4, -0.2) is 17.8 Å². The molecule has 2 aromatic carbocycles. The molecule has 0 fully saturated rings. The first-order chi connectivity index (χ1) is 11.2. The van der Waals surface area contributed by atoms with Gasteiger partial charge in [0.1, 0.15) is 0 Å². The Morgan fingerprint density at radius 2 is 1.48 bits per heavy atom. The molecule has 0 bridgehead atoms. The van der Waals surface area contributed by atoms with Gasteiger partial charge in [-0.3, -0.25) is 0 Å². The third-order valence-corrected chi connectivity index (χ3v) is 3.52. The van der Waals surface area contributed by atoms with Crippen molar-refractivity contribution in [3.8, 4) is 0 Å². The lowest BCUT2D eigenvalue weighted by atomic mass is 10.1. The first-order valence-corrected chi connectivity index (χ1v) is 7.63. The summed E-state index contributed by atoms with van der Waals surface area (Å²) in [6.07, 6.45) is 1.56. The van der Waals surface area contributed by atoms with Gasteiger partial charge in [-0.1, -0.05) is 73.8 Å². The number of hydrogen-bond acceptors (Lipinski definition) is 2. The van der Waals surface area contributed by atoms with E-state index in [1.54, 1.807) is 6.20 Å². The number of nitrogens with zero attached hydrogens (tertiary/aromatic N) is 2. The molecule has 0 spiro atoms. The van der Waals surface area contributed by atoms with Crippen LogP contribution in [0, 0.1) is 0 Å². The molecule has 1 N–H and O–H groups in total. The molecule has 3 nitrogen and oxygen atoms in total. The van der Waals surface area contributed by atoms with Gasteiger partial charge in [-0.2, -0.15) is 0 Å². The molecule has 0 saturated carbocycles. The van der Waals surface area contributed by atoms with E-state index in [1.807, 2.05) is 43.4 Å². The molecule has 0 aliphatic heterocycles. The van der Waals surface area contributed by atoms with Crippen molar-refractivity contribution in [2.45, 2.75) is 13.1 Å². The summed E-state index contributed by atoms with van der Waals surface area (Å²) in [7, 11) is 1.85. The van der Waals surface area contributed by atoms with Crippen LogP contribution in [0.15, 0.2) is 90.7 Å². The fraction of sp³-hybridized carbons (Fsp3) is 0.150. The van der Waals surface area contributed by atoms with Crippen LogP contribution in [0.1, 0.15) is 11.1 Å². The molecule has 23 heavy (non-hydrogen) atoms. The minimum absolute atomic E-state index is 0.753. The van der Waals surface area contributed by atoms with Gasteiger partial charge in [0, 0.05) is 26.3 Å². The molecular formula is C20H23N3. The first kappa shape index (κ1) is 16.6. The second-order valence-corrected chi connectivity index (χ2v) is 5.19. The van der Waals surface area contributed by atoms with E-state index in [0.29, 0.717) is 0 Å². The van der Waals surface area contributed by atoms with Gasteiger partial charge in [-0.15, -0.1) is 0 Å². The van der Waals surface area contributed by atoms with Crippen molar-refractivity contribution >= 4 is 5.84 Å². The fourth-order valence-electron chi connectivity index (χ4n) is 2.36. The maximum absolute atomic E-state index is 4.43. The van der Waals surface area contributed by atoms with Gasteiger partial charge < -0.3 is 10.2 Å². The van der Waals surface area contributed by atoms with Gasteiger partial charge in [-0.05, 0) is 11.1 Å². The Morgan fingerprint density at radius 3 is 1.87 bits per heavy atom. The molecule has 0 unspecified atom stereocenters. The van der Waals surface area contributed by atoms with Gasteiger partial charge in [0.15, 0.2) is 5.84 Å². The molecule has 3 heteroatoms. The number of rotatable bonds is 7. The molecule has 2 rings (SSSR count). The van der Waals surface area contributed by atoms with Crippen LogP contribution in [-0.2, 0) is 13.1 Å². The van der Waals surface area contributed by atoms with E-state index < -0.39 is 0 Å². The summed E-state index contributed by atoms with van der Waals surface area (Å²) in [4.78, 5) is 6.63. The highest BCUT2D eigenvalue weighted by Crippen LogP contribution is 2.13. The normalized spacial score (nSPS) is 10.9. The Hall–Kier alpha value is -2.81. The lowest BCUT2D eigenvalue weighted by Gasteiger charge is -2.27. The zero-order valence-electron chi connectivity index (χ0n) is 13.6. The van der Waals surface area contributed by atoms with Gasteiger partial charge in [0.05, 0.1) is 5.70 Å². The molecule has 0 aliphatic rings. The van der Waals surface area contributed by atoms with E-state index in [1.165, 1.54) is 11.1 Å². The summed E-state index contributed by atoms with van der Waals surface area (Å²) in [5, 5.41) is 3.09. The Morgan fingerprint density at radius 1 is 1.00 bits per heavy atom. The molecule has 0 saturated heterocycles. The smallest absolute Gasteiger partial charge is 0.151 e. The number of nitrogens with one attached hydrogen (secondary N) is 1. The van der Waals surface area contributed by atoms with Crippen LogP contribution >= 0.6 is 0 Å².